The fraction of sp³-hybridized carbons (Fsp3) is 0.533. The maximum atomic E-state index is 11.5. The van der Waals surface area contributed by atoms with Gasteiger partial charge >= 0.3 is 0 Å². The second-order valence-corrected chi connectivity index (χ2v) is 4.40. The van der Waals surface area contributed by atoms with Gasteiger partial charge in [0.25, 0.3) is 0 Å². The molecule has 1 aromatic carbocycles. The molecule has 0 atom stereocenters. The lowest BCUT2D eigenvalue weighted by molar-refractivity contribution is 0.101. The lowest BCUT2D eigenvalue weighted by Crippen LogP contribution is -2.26. The average molecular weight is 265 g/mol. The molecule has 0 bridgehead atoms. The van der Waals surface area contributed by atoms with Crippen LogP contribution in [0.3, 0.4) is 0 Å². The van der Waals surface area contributed by atoms with Gasteiger partial charge in [-0.15, -0.1) is 0 Å². The third-order valence-corrected chi connectivity index (χ3v) is 3.02. The summed E-state index contributed by atoms with van der Waals surface area (Å²) in [6, 6.07) is 5.52. The van der Waals surface area contributed by atoms with Crippen LogP contribution in [-0.4, -0.2) is 42.1 Å². The van der Waals surface area contributed by atoms with Gasteiger partial charge in [-0.05, 0) is 38.6 Å². The first-order valence-electron chi connectivity index (χ1n) is 6.72. The molecule has 0 spiro atoms. The summed E-state index contributed by atoms with van der Waals surface area (Å²) >= 11 is 0. The van der Waals surface area contributed by atoms with E-state index in [9.17, 15) is 4.79 Å². The first-order valence-corrected chi connectivity index (χ1v) is 6.72. The Balaban J connectivity index is 2.98. The topological polar surface area (TPSA) is 49.8 Å². The Morgan fingerprint density at radius 3 is 2.63 bits per heavy atom. The molecule has 0 fully saturated rings. The fourth-order valence-electron chi connectivity index (χ4n) is 1.95. The number of carbonyl (C=O) groups is 1. The predicted octanol–water partition coefficient (Wildman–Crippen LogP) is 2.10. The third kappa shape index (κ3) is 4.65. The first kappa shape index (κ1) is 15.7. The maximum absolute atomic E-state index is 11.5. The number of aliphatic hydroxyl groups is 1. The van der Waals surface area contributed by atoms with Gasteiger partial charge < -0.3 is 9.84 Å². The average Bonchev–Trinajstić information content (AvgIpc) is 2.40. The Labute approximate surface area is 115 Å². The number of likely N-dealkylation sites (N-methyl/N-ethyl adjacent to an activating group) is 1. The molecular weight excluding hydrogens is 242 g/mol. The van der Waals surface area contributed by atoms with Gasteiger partial charge in [0.05, 0.1) is 13.2 Å². The summed E-state index contributed by atoms with van der Waals surface area (Å²) in [6.07, 6.45) is 0. The molecule has 0 aliphatic heterocycles. The Bertz CT molecular complexity index is 418. The summed E-state index contributed by atoms with van der Waals surface area (Å²) in [5.41, 5.74) is 1.68. The van der Waals surface area contributed by atoms with E-state index >= 15 is 0 Å². The summed E-state index contributed by atoms with van der Waals surface area (Å²) in [6.45, 7) is 8.41. The number of ketones is 1. The molecule has 19 heavy (non-hydrogen) atoms. The van der Waals surface area contributed by atoms with Gasteiger partial charge in [-0.2, -0.15) is 0 Å². The number of benzene rings is 1. The van der Waals surface area contributed by atoms with Gasteiger partial charge in [-0.25, -0.2) is 0 Å². The molecule has 0 saturated carbocycles. The van der Waals surface area contributed by atoms with Crippen molar-refractivity contribution in [3.05, 3.63) is 29.3 Å². The zero-order valence-electron chi connectivity index (χ0n) is 12.0. The molecule has 0 aliphatic carbocycles. The van der Waals surface area contributed by atoms with Crippen molar-refractivity contribution < 1.29 is 14.6 Å². The zero-order chi connectivity index (χ0) is 14.3. The lowest BCUT2D eigenvalue weighted by atomic mass is 10.1. The van der Waals surface area contributed by atoms with Crippen molar-refractivity contribution in [2.45, 2.75) is 27.3 Å². The Hall–Kier alpha value is -1.39. The van der Waals surface area contributed by atoms with Gasteiger partial charge in [-0.1, -0.05) is 6.92 Å². The Morgan fingerprint density at radius 2 is 2.11 bits per heavy atom. The monoisotopic (exact) mass is 265 g/mol. The van der Waals surface area contributed by atoms with E-state index in [0.717, 1.165) is 17.9 Å². The van der Waals surface area contributed by atoms with E-state index < -0.39 is 0 Å². The summed E-state index contributed by atoms with van der Waals surface area (Å²) in [5.74, 6) is 0.860. The van der Waals surface area contributed by atoms with Crippen LogP contribution >= 0.6 is 0 Å². The Kier molecular flexibility index (Phi) is 6.53. The highest BCUT2D eigenvalue weighted by Gasteiger charge is 2.11. The molecule has 0 radical (unpaired) electrons. The van der Waals surface area contributed by atoms with Crippen molar-refractivity contribution in [2.24, 2.45) is 0 Å². The summed E-state index contributed by atoms with van der Waals surface area (Å²) in [7, 11) is 0. The molecule has 0 heterocycles. The van der Waals surface area contributed by atoms with Crippen LogP contribution in [0.5, 0.6) is 5.75 Å². The van der Waals surface area contributed by atoms with Gasteiger partial charge in [0.2, 0.25) is 0 Å². The van der Waals surface area contributed by atoms with Crippen LogP contribution in [0.25, 0.3) is 0 Å². The number of ether oxygens (including phenoxy) is 1. The van der Waals surface area contributed by atoms with Crippen molar-refractivity contribution in [1.29, 1.82) is 0 Å². The highest BCUT2D eigenvalue weighted by molar-refractivity contribution is 5.94. The predicted molar refractivity (Wildman–Crippen MR) is 75.7 cm³/mol. The van der Waals surface area contributed by atoms with Crippen LogP contribution in [0.15, 0.2) is 18.2 Å². The lowest BCUT2D eigenvalue weighted by Gasteiger charge is -2.21. The Morgan fingerprint density at radius 1 is 1.37 bits per heavy atom. The summed E-state index contributed by atoms with van der Waals surface area (Å²) < 4.78 is 5.59. The standard InChI is InChI=1S/C15H23NO3/c1-4-16(8-9-17)11-14-10-13(12(3)18)6-7-15(14)19-5-2/h6-7,10,17H,4-5,8-9,11H2,1-3H3. The molecule has 1 N–H and O–H groups in total. The number of Topliss-reactive ketones (excluding diaryl/α,β-unsaturated/α-hetero) is 1. The molecular formula is C15H23NO3. The van der Waals surface area contributed by atoms with E-state index in [1.54, 1.807) is 13.0 Å². The second-order valence-electron chi connectivity index (χ2n) is 4.40. The van der Waals surface area contributed by atoms with E-state index in [-0.39, 0.29) is 12.4 Å². The molecule has 0 unspecified atom stereocenters. The molecule has 1 aromatic rings. The van der Waals surface area contributed by atoms with E-state index in [2.05, 4.69) is 4.90 Å². The van der Waals surface area contributed by atoms with E-state index in [0.29, 0.717) is 25.3 Å². The maximum Gasteiger partial charge on any atom is 0.159 e. The molecule has 0 aromatic heterocycles. The smallest absolute Gasteiger partial charge is 0.159 e. The van der Waals surface area contributed by atoms with Crippen molar-refractivity contribution in [3.63, 3.8) is 0 Å². The van der Waals surface area contributed by atoms with Crippen molar-refractivity contribution in [3.8, 4) is 5.75 Å². The molecule has 0 aliphatic rings. The molecule has 0 saturated heterocycles. The van der Waals surface area contributed by atoms with Gasteiger partial charge in [0, 0.05) is 24.2 Å². The number of hydrogen-bond donors (Lipinski definition) is 1. The molecule has 4 nitrogen and oxygen atoms in total. The van der Waals surface area contributed by atoms with Gasteiger partial charge in [0.15, 0.2) is 5.78 Å². The first-order chi connectivity index (χ1) is 9.12. The van der Waals surface area contributed by atoms with E-state index in [4.69, 9.17) is 9.84 Å². The van der Waals surface area contributed by atoms with Crippen LogP contribution in [0.2, 0.25) is 0 Å². The molecule has 1 rings (SSSR count). The van der Waals surface area contributed by atoms with Crippen LogP contribution in [0, 0.1) is 0 Å². The summed E-state index contributed by atoms with van der Waals surface area (Å²) in [4.78, 5) is 13.6. The highest BCUT2D eigenvalue weighted by Crippen LogP contribution is 2.22. The van der Waals surface area contributed by atoms with Crippen LogP contribution in [0.1, 0.15) is 36.7 Å². The van der Waals surface area contributed by atoms with Crippen LogP contribution in [-0.2, 0) is 6.54 Å². The fourth-order valence-corrected chi connectivity index (χ4v) is 1.95. The number of nitrogens with zero attached hydrogens (tertiary/aromatic N) is 1. The molecule has 106 valence electrons. The number of hydrogen-bond acceptors (Lipinski definition) is 4. The van der Waals surface area contributed by atoms with Crippen molar-refractivity contribution >= 4 is 5.78 Å². The van der Waals surface area contributed by atoms with Crippen molar-refractivity contribution in [2.75, 3.05) is 26.3 Å². The number of carbonyl (C=O) groups excluding carboxylic acids is 1. The zero-order valence-corrected chi connectivity index (χ0v) is 12.0. The van der Waals surface area contributed by atoms with Crippen molar-refractivity contribution in [1.82, 2.24) is 4.90 Å². The SMILES string of the molecule is CCOc1ccc(C(C)=O)cc1CN(CC)CCO. The van der Waals surface area contributed by atoms with E-state index in [1.807, 2.05) is 26.0 Å². The molecule has 4 heteroatoms. The highest BCUT2D eigenvalue weighted by atomic mass is 16.5. The number of aliphatic hydroxyl groups excluding tert-OH is 1. The van der Waals surface area contributed by atoms with Crippen LogP contribution in [0.4, 0.5) is 0 Å². The minimum Gasteiger partial charge on any atom is -0.494 e. The van der Waals surface area contributed by atoms with Gasteiger partial charge in [-0.3, -0.25) is 9.69 Å². The minimum absolute atomic E-state index is 0.0505. The summed E-state index contributed by atoms with van der Waals surface area (Å²) in [5, 5.41) is 9.03. The normalized spacial score (nSPS) is 10.8. The molecule has 0 amide bonds. The van der Waals surface area contributed by atoms with E-state index in [1.165, 1.54) is 0 Å². The van der Waals surface area contributed by atoms with Crippen LogP contribution < -0.4 is 4.74 Å². The van der Waals surface area contributed by atoms with Gasteiger partial charge in [0.1, 0.15) is 5.75 Å². The quantitative estimate of drug-likeness (QED) is 0.731. The third-order valence-electron chi connectivity index (χ3n) is 3.02. The number of rotatable bonds is 8. The largest absolute Gasteiger partial charge is 0.494 e. The minimum atomic E-state index is 0.0505. The second kappa shape index (κ2) is 7.92.